The number of H-pyrrole nitrogens is 1. The Morgan fingerprint density at radius 3 is 2.74 bits per heavy atom. The van der Waals surface area contributed by atoms with E-state index >= 15 is 0 Å². The van der Waals surface area contributed by atoms with Gasteiger partial charge in [0.15, 0.2) is 0 Å². The molecule has 1 aromatic carbocycles. The van der Waals surface area contributed by atoms with Crippen LogP contribution in [0.25, 0.3) is 21.8 Å². The number of nitrogens with one attached hydrogen (secondary N) is 1. The van der Waals surface area contributed by atoms with Crippen molar-refractivity contribution in [3.8, 4) is 0 Å². The molecule has 0 amide bonds. The second kappa shape index (κ2) is 6.34. The Labute approximate surface area is 161 Å². The Morgan fingerprint density at radius 1 is 1.15 bits per heavy atom. The van der Waals surface area contributed by atoms with Gasteiger partial charge >= 0.3 is 0 Å². The highest BCUT2D eigenvalue weighted by molar-refractivity contribution is 6.10. The van der Waals surface area contributed by atoms with Gasteiger partial charge in [-0.1, -0.05) is 64.2 Å². The van der Waals surface area contributed by atoms with Crippen LogP contribution in [-0.2, 0) is 12.8 Å². The van der Waals surface area contributed by atoms with Gasteiger partial charge in [0.1, 0.15) is 0 Å². The number of aromatic amines is 1. The monoisotopic (exact) mass is 362 g/mol. The number of hydrogen-bond acceptors (Lipinski definition) is 2. The Bertz CT molecular complexity index is 994. The van der Waals surface area contributed by atoms with Crippen LogP contribution < -0.4 is 0 Å². The van der Waals surface area contributed by atoms with Crippen molar-refractivity contribution in [1.29, 1.82) is 0 Å². The highest BCUT2D eigenvalue weighted by Crippen LogP contribution is 2.45. The maximum atomic E-state index is 11.0. The predicted molar refractivity (Wildman–Crippen MR) is 111 cm³/mol. The fourth-order valence-corrected chi connectivity index (χ4v) is 5.52. The molecule has 1 saturated carbocycles. The normalized spacial score (nSPS) is 23.0. The maximum Gasteiger partial charge on any atom is 0.0819 e. The van der Waals surface area contributed by atoms with E-state index < -0.39 is 6.10 Å². The first-order valence-corrected chi connectivity index (χ1v) is 10.6. The van der Waals surface area contributed by atoms with Crippen LogP contribution in [0.2, 0.25) is 0 Å². The summed E-state index contributed by atoms with van der Waals surface area (Å²) in [7, 11) is 0. The standard InChI is InChI=1S/C24H30N2O/c1-24(2)13-19-22(20(27)14-24)21-16-10-6-7-11-17(16)26-23(21)18(25-19)12-15-8-4-3-5-9-15/h6-7,10-11,15,20,26-27H,3-5,8-9,12-14H2,1-2H3/t20-/m0/s1. The van der Waals surface area contributed by atoms with Crippen LogP contribution in [0.3, 0.4) is 0 Å². The smallest absolute Gasteiger partial charge is 0.0819 e. The first-order chi connectivity index (χ1) is 13.0. The second-order valence-corrected chi connectivity index (χ2v) is 9.61. The number of para-hydroxylation sites is 1. The number of aliphatic hydroxyl groups excluding tert-OH is 1. The van der Waals surface area contributed by atoms with E-state index in [1.54, 1.807) is 0 Å². The van der Waals surface area contributed by atoms with Crippen LogP contribution in [0, 0.1) is 11.3 Å². The number of rotatable bonds is 2. The molecule has 2 aliphatic carbocycles. The number of aliphatic hydroxyl groups is 1. The van der Waals surface area contributed by atoms with Crippen LogP contribution in [0.15, 0.2) is 24.3 Å². The van der Waals surface area contributed by atoms with E-state index in [0.29, 0.717) is 0 Å². The van der Waals surface area contributed by atoms with E-state index in [2.05, 4.69) is 43.1 Å². The van der Waals surface area contributed by atoms with Crippen LogP contribution in [0.4, 0.5) is 0 Å². The molecule has 2 aliphatic rings. The van der Waals surface area contributed by atoms with Crippen LogP contribution in [0.5, 0.6) is 0 Å². The maximum absolute atomic E-state index is 11.0. The molecule has 2 N–H and O–H groups in total. The molecule has 0 spiro atoms. The molecular formula is C24H30N2O. The van der Waals surface area contributed by atoms with Gasteiger partial charge < -0.3 is 10.1 Å². The van der Waals surface area contributed by atoms with Gasteiger partial charge in [0.2, 0.25) is 0 Å². The molecule has 5 rings (SSSR count). The molecule has 3 nitrogen and oxygen atoms in total. The molecule has 0 bridgehead atoms. The Kier molecular flexibility index (Phi) is 4.05. The predicted octanol–water partition coefficient (Wildman–Crippen LogP) is 5.84. The van der Waals surface area contributed by atoms with Crippen molar-refractivity contribution in [3.05, 3.63) is 41.2 Å². The van der Waals surface area contributed by atoms with Crippen molar-refractivity contribution in [2.24, 2.45) is 11.3 Å². The van der Waals surface area contributed by atoms with Crippen molar-refractivity contribution in [3.63, 3.8) is 0 Å². The van der Waals surface area contributed by atoms with Gasteiger partial charge in [-0.2, -0.15) is 0 Å². The number of nitrogens with zero attached hydrogens (tertiary/aromatic N) is 1. The van der Waals surface area contributed by atoms with Crippen molar-refractivity contribution in [2.75, 3.05) is 0 Å². The van der Waals surface area contributed by atoms with Crippen molar-refractivity contribution in [1.82, 2.24) is 9.97 Å². The summed E-state index contributed by atoms with van der Waals surface area (Å²) in [5, 5.41) is 13.5. The topological polar surface area (TPSA) is 48.9 Å². The van der Waals surface area contributed by atoms with Gasteiger partial charge in [0, 0.05) is 27.5 Å². The van der Waals surface area contributed by atoms with E-state index in [4.69, 9.17) is 4.98 Å². The molecule has 3 aromatic rings. The lowest BCUT2D eigenvalue weighted by molar-refractivity contribution is 0.0996. The molecule has 2 heterocycles. The summed E-state index contributed by atoms with van der Waals surface area (Å²) < 4.78 is 0. The highest BCUT2D eigenvalue weighted by Gasteiger charge is 2.35. The molecule has 2 aromatic heterocycles. The van der Waals surface area contributed by atoms with Crippen LogP contribution in [0.1, 0.15) is 75.4 Å². The van der Waals surface area contributed by atoms with Gasteiger partial charge in [-0.15, -0.1) is 0 Å². The number of benzene rings is 1. The summed E-state index contributed by atoms with van der Waals surface area (Å²) in [4.78, 5) is 8.84. The lowest BCUT2D eigenvalue weighted by atomic mass is 9.73. The Morgan fingerprint density at radius 2 is 1.93 bits per heavy atom. The van der Waals surface area contributed by atoms with Crippen molar-refractivity contribution in [2.45, 2.75) is 71.3 Å². The van der Waals surface area contributed by atoms with E-state index in [9.17, 15) is 5.11 Å². The van der Waals surface area contributed by atoms with E-state index in [1.807, 2.05) is 0 Å². The minimum Gasteiger partial charge on any atom is -0.388 e. The van der Waals surface area contributed by atoms with Gasteiger partial charge in [0.05, 0.1) is 17.3 Å². The number of aromatic nitrogens is 2. The zero-order chi connectivity index (χ0) is 18.6. The first-order valence-electron chi connectivity index (χ1n) is 10.6. The minimum atomic E-state index is -0.429. The molecule has 1 fully saturated rings. The Hall–Kier alpha value is -1.87. The quantitative estimate of drug-likeness (QED) is 0.601. The fourth-order valence-electron chi connectivity index (χ4n) is 5.52. The van der Waals surface area contributed by atoms with E-state index in [-0.39, 0.29) is 5.41 Å². The number of fused-ring (bicyclic) bond motifs is 5. The van der Waals surface area contributed by atoms with Crippen LogP contribution in [-0.4, -0.2) is 15.1 Å². The molecule has 3 heteroatoms. The molecule has 1 atom stereocenters. The zero-order valence-corrected chi connectivity index (χ0v) is 16.5. The average molecular weight is 363 g/mol. The van der Waals surface area contributed by atoms with Gasteiger partial charge in [0.25, 0.3) is 0 Å². The molecular weight excluding hydrogens is 332 g/mol. The molecule has 0 aliphatic heterocycles. The summed E-state index contributed by atoms with van der Waals surface area (Å²) in [6.07, 6.45) is 9.15. The molecule has 0 unspecified atom stereocenters. The number of pyridine rings is 1. The summed E-state index contributed by atoms with van der Waals surface area (Å²) in [6.45, 7) is 4.50. The zero-order valence-electron chi connectivity index (χ0n) is 16.5. The molecule has 0 saturated heterocycles. The first kappa shape index (κ1) is 17.2. The third kappa shape index (κ3) is 2.97. The van der Waals surface area contributed by atoms with Gasteiger partial charge in [-0.05, 0) is 36.7 Å². The van der Waals surface area contributed by atoms with E-state index in [0.717, 1.165) is 42.0 Å². The van der Waals surface area contributed by atoms with Gasteiger partial charge in [-0.25, -0.2) is 0 Å². The fraction of sp³-hybridized carbons (Fsp3) is 0.542. The lowest BCUT2D eigenvalue weighted by Crippen LogP contribution is -2.27. The molecule has 0 radical (unpaired) electrons. The highest BCUT2D eigenvalue weighted by atomic mass is 16.3. The molecule has 27 heavy (non-hydrogen) atoms. The number of hydrogen-bond donors (Lipinski definition) is 2. The summed E-state index contributed by atoms with van der Waals surface area (Å²) in [5.41, 5.74) is 5.85. The lowest BCUT2D eigenvalue weighted by Gasteiger charge is -2.35. The summed E-state index contributed by atoms with van der Waals surface area (Å²) >= 11 is 0. The summed E-state index contributed by atoms with van der Waals surface area (Å²) in [6, 6.07) is 8.51. The Balaban J connectivity index is 1.73. The van der Waals surface area contributed by atoms with E-state index in [1.165, 1.54) is 54.1 Å². The molecule has 142 valence electrons. The van der Waals surface area contributed by atoms with Crippen molar-refractivity contribution >= 4 is 21.8 Å². The van der Waals surface area contributed by atoms with Gasteiger partial charge in [-0.3, -0.25) is 4.98 Å². The third-order valence-electron chi connectivity index (χ3n) is 6.78. The third-order valence-corrected chi connectivity index (χ3v) is 6.78. The average Bonchev–Trinajstić information content (AvgIpc) is 3.01. The SMILES string of the molecule is CC1(C)Cc2nc(CC3CCCCC3)c3[nH]c4ccccc4c3c2[C@@H](O)C1. The minimum absolute atomic E-state index is 0.0985. The summed E-state index contributed by atoms with van der Waals surface area (Å²) in [5.74, 6) is 0.750. The largest absolute Gasteiger partial charge is 0.388 e. The van der Waals surface area contributed by atoms with Crippen molar-refractivity contribution < 1.29 is 5.11 Å². The second-order valence-electron chi connectivity index (χ2n) is 9.61. The van der Waals surface area contributed by atoms with Crippen LogP contribution >= 0.6 is 0 Å².